The van der Waals surface area contributed by atoms with E-state index in [9.17, 15) is 9.59 Å². The topological polar surface area (TPSA) is 49.4 Å². The van der Waals surface area contributed by atoms with E-state index >= 15 is 0 Å². The maximum atomic E-state index is 12.3. The van der Waals surface area contributed by atoms with Crippen LogP contribution in [0.25, 0.3) is 0 Å². The Labute approximate surface area is 112 Å². The summed E-state index contributed by atoms with van der Waals surface area (Å²) in [6.07, 6.45) is 2.39. The van der Waals surface area contributed by atoms with E-state index < -0.39 is 0 Å². The Morgan fingerprint density at radius 1 is 1.47 bits per heavy atom. The molecule has 2 heterocycles. The molecule has 100 valence electrons. The van der Waals surface area contributed by atoms with Gasteiger partial charge in [0.05, 0.1) is 12.5 Å². The summed E-state index contributed by atoms with van der Waals surface area (Å²) in [5.41, 5.74) is 2.67. The van der Waals surface area contributed by atoms with Crippen LogP contribution < -0.4 is 10.2 Å². The highest BCUT2D eigenvalue weighted by Crippen LogP contribution is 2.30. The molecule has 0 aromatic heterocycles. The summed E-state index contributed by atoms with van der Waals surface area (Å²) in [5.74, 6) is 0.281. The molecule has 1 saturated heterocycles. The number of nitrogens with zero attached hydrogens (tertiary/aromatic N) is 1. The minimum absolute atomic E-state index is 0.0440. The predicted molar refractivity (Wildman–Crippen MR) is 73.5 cm³/mol. The maximum absolute atomic E-state index is 12.3. The molecule has 0 saturated carbocycles. The maximum Gasteiger partial charge on any atom is 0.231 e. The summed E-state index contributed by atoms with van der Waals surface area (Å²) >= 11 is 0. The van der Waals surface area contributed by atoms with Crippen LogP contribution >= 0.6 is 0 Å². The fraction of sp³-hybridized carbons (Fsp3) is 0.467. The molecule has 19 heavy (non-hydrogen) atoms. The molecule has 1 unspecified atom stereocenters. The zero-order valence-electron chi connectivity index (χ0n) is 11.1. The highest BCUT2D eigenvalue weighted by Gasteiger charge is 2.28. The number of benzene rings is 1. The fourth-order valence-electron chi connectivity index (χ4n) is 2.99. The van der Waals surface area contributed by atoms with Crippen molar-refractivity contribution in [1.29, 1.82) is 0 Å². The van der Waals surface area contributed by atoms with Gasteiger partial charge in [-0.3, -0.25) is 9.59 Å². The van der Waals surface area contributed by atoms with E-state index in [2.05, 4.69) is 5.32 Å². The minimum Gasteiger partial charge on any atom is -0.312 e. The summed E-state index contributed by atoms with van der Waals surface area (Å²) in [4.78, 5) is 25.9. The summed E-state index contributed by atoms with van der Waals surface area (Å²) in [5, 5.41) is 3.22. The van der Waals surface area contributed by atoms with Gasteiger partial charge in [-0.2, -0.15) is 0 Å². The van der Waals surface area contributed by atoms with Gasteiger partial charge in [0.15, 0.2) is 5.78 Å². The number of hydrogen-bond acceptors (Lipinski definition) is 3. The second kappa shape index (κ2) is 4.78. The number of likely N-dealkylation sites (N-methyl/N-ethyl adjacent to an activating group) is 1. The number of rotatable bonds is 3. The molecule has 1 aromatic rings. The summed E-state index contributed by atoms with van der Waals surface area (Å²) in [6, 6.07) is 5.61. The standard InChI is InChI=1S/C15H18N2O2/c1-2-17-13-6-5-10(8-11(13)9-14(17)18)15(19)12-4-3-7-16-12/h5-6,8,12,16H,2-4,7,9H2,1H3. The normalized spacial score (nSPS) is 21.8. The van der Waals surface area contributed by atoms with Crippen molar-refractivity contribution in [3.63, 3.8) is 0 Å². The SMILES string of the molecule is CCN1C(=O)Cc2cc(C(=O)C3CCCN3)ccc21. The molecule has 0 bridgehead atoms. The van der Waals surface area contributed by atoms with Crippen molar-refractivity contribution >= 4 is 17.4 Å². The zero-order chi connectivity index (χ0) is 13.4. The lowest BCUT2D eigenvalue weighted by Gasteiger charge is -2.15. The van der Waals surface area contributed by atoms with Crippen LogP contribution in [0.2, 0.25) is 0 Å². The Bertz CT molecular complexity index is 533. The Balaban J connectivity index is 1.88. The number of amides is 1. The third-order valence-electron chi connectivity index (χ3n) is 3.99. The minimum atomic E-state index is -0.0440. The van der Waals surface area contributed by atoms with Gasteiger partial charge in [-0.05, 0) is 50.1 Å². The van der Waals surface area contributed by atoms with Crippen molar-refractivity contribution in [3.8, 4) is 0 Å². The van der Waals surface area contributed by atoms with Crippen molar-refractivity contribution in [1.82, 2.24) is 5.32 Å². The third-order valence-corrected chi connectivity index (χ3v) is 3.99. The lowest BCUT2D eigenvalue weighted by Crippen LogP contribution is -2.30. The van der Waals surface area contributed by atoms with Crippen LogP contribution in [0.1, 0.15) is 35.7 Å². The number of ketones is 1. The smallest absolute Gasteiger partial charge is 0.231 e. The molecule has 2 aliphatic heterocycles. The molecule has 1 fully saturated rings. The fourth-order valence-corrected chi connectivity index (χ4v) is 2.99. The second-order valence-electron chi connectivity index (χ2n) is 5.17. The van der Waals surface area contributed by atoms with Gasteiger partial charge >= 0.3 is 0 Å². The number of nitrogens with one attached hydrogen (secondary N) is 1. The second-order valence-corrected chi connectivity index (χ2v) is 5.17. The van der Waals surface area contributed by atoms with Gasteiger partial charge in [-0.1, -0.05) is 0 Å². The lowest BCUT2D eigenvalue weighted by molar-refractivity contribution is -0.117. The van der Waals surface area contributed by atoms with Crippen molar-refractivity contribution in [2.45, 2.75) is 32.2 Å². The number of anilines is 1. The summed E-state index contributed by atoms with van der Waals surface area (Å²) < 4.78 is 0. The molecule has 4 heteroatoms. The molecule has 1 N–H and O–H groups in total. The lowest BCUT2D eigenvalue weighted by atomic mass is 10.00. The van der Waals surface area contributed by atoms with Crippen LogP contribution in [0.15, 0.2) is 18.2 Å². The van der Waals surface area contributed by atoms with Gasteiger partial charge in [-0.15, -0.1) is 0 Å². The van der Waals surface area contributed by atoms with Gasteiger partial charge in [0.1, 0.15) is 0 Å². The molecule has 1 atom stereocenters. The van der Waals surface area contributed by atoms with Crippen LogP contribution in [-0.2, 0) is 11.2 Å². The van der Waals surface area contributed by atoms with Crippen molar-refractivity contribution in [2.75, 3.05) is 18.0 Å². The number of hydrogen-bond donors (Lipinski definition) is 1. The van der Waals surface area contributed by atoms with E-state index in [1.54, 1.807) is 4.90 Å². The predicted octanol–water partition coefficient (Wildman–Crippen LogP) is 1.53. The Morgan fingerprint density at radius 2 is 2.32 bits per heavy atom. The first-order valence-corrected chi connectivity index (χ1v) is 6.91. The van der Waals surface area contributed by atoms with E-state index in [0.717, 1.165) is 36.2 Å². The quantitative estimate of drug-likeness (QED) is 0.836. The summed E-state index contributed by atoms with van der Waals surface area (Å²) in [6.45, 7) is 3.57. The molecule has 1 aromatic carbocycles. The number of fused-ring (bicyclic) bond motifs is 1. The summed E-state index contributed by atoms with van der Waals surface area (Å²) in [7, 11) is 0. The van der Waals surface area contributed by atoms with E-state index in [0.29, 0.717) is 13.0 Å². The number of Topliss-reactive ketones (excluding diaryl/α,β-unsaturated/α-hetero) is 1. The van der Waals surface area contributed by atoms with Crippen LogP contribution in [-0.4, -0.2) is 30.8 Å². The monoisotopic (exact) mass is 258 g/mol. The number of carbonyl (C=O) groups is 2. The molecular weight excluding hydrogens is 240 g/mol. The van der Waals surface area contributed by atoms with Crippen LogP contribution in [0, 0.1) is 0 Å². The Kier molecular flexibility index (Phi) is 3.11. The van der Waals surface area contributed by atoms with E-state index in [1.807, 2.05) is 25.1 Å². The molecule has 3 rings (SSSR count). The van der Waals surface area contributed by atoms with Crippen LogP contribution in [0.3, 0.4) is 0 Å². The first-order valence-electron chi connectivity index (χ1n) is 6.91. The molecular formula is C15H18N2O2. The average Bonchev–Trinajstić information content (AvgIpc) is 3.03. The molecule has 1 amide bonds. The van der Waals surface area contributed by atoms with Crippen molar-refractivity contribution in [3.05, 3.63) is 29.3 Å². The molecule has 2 aliphatic rings. The van der Waals surface area contributed by atoms with Gasteiger partial charge in [0.25, 0.3) is 0 Å². The Hall–Kier alpha value is -1.68. The molecule has 0 radical (unpaired) electrons. The third kappa shape index (κ3) is 2.06. The zero-order valence-corrected chi connectivity index (χ0v) is 11.1. The van der Waals surface area contributed by atoms with Crippen molar-refractivity contribution < 1.29 is 9.59 Å². The van der Waals surface area contributed by atoms with E-state index in [-0.39, 0.29) is 17.7 Å². The van der Waals surface area contributed by atoms with Gasteiger partial charge in [0.2, 0.25) is 5.91 Å². The van der Waals surface area contributed by atoms with Gasteiger partial charge in [-0.25, -0.2) is 0 Å². The number of carbonyl (C=O) groups excluding carboxylic acids is 2. The van der Waals surface area contributed by atoms with E-state index in [1.165, 1.54) is 0 Å². The van der Waals surface area contributed by atoms with Crippen LogP contribution in [0.4, 0.5) is 5.69 Å². The first kappa shape index (κ1) is 12.4. The van der Waals surface area contributed by atoms with Gasteiger partial charge in [0, 0.05) is 17.8 Å². The molecule has 0 spiro atoms. The van der Waals surface area contributed by atoms with E-state index in [4.69, 9.17) is 0 Å². The Morgan fingerprint density at radius 3 is 3.00 bits per heavy atom. The van der Waals surface area contributed by atoms with Crippen molar-refractivity contribution in [2.24, 2.45) is 0 Å². The highest BCUT2D eigenvalue weighted by atomic mass is 16.2. The van der Waals surface area contributed by atoms with Gasteiger partial charge < -0.3 is 10.2 Å². The highest BCUT2D eigenvalue weighted by molar-refractivity contribution is 6.05. The largest absolute Gasteiger partial charge is 0.312 e. The first-order chi connectivity index (χ1) is 9.20. The molecule has 4 nitrogen and oxygen atoms in total. The average molecular weight is 258 g/mol. The molecule has 0 aliphatic carbocycles. The van der Waals surface area contributed by atoms with Crippen LogP contribution in [0.5, 0.6) is 0 Å².